The number of nitrogens with zero attached hydrogens (tertiary/aromatic N) is 1. The minimum atomic E-state index is -0.446. The van der Waals surface area contributed by atoms with Crippen molar-refractivity contribution in [2.24, 2.45) is 0 Å². The molecular formula is C24H53NO5P2. The summed E-state index contributed by atoms with van der Waals surface area (Å²) >= 11 is 0. The Kier molecular flexibility index (Phi) is 19.3. The minimum absolute atomic E-state index is 0.120. The van der Waals surface area contributed by atoms with E-state index in [1.54, 1.807) is 0 Å². The Bertz CT molecular complexity index is 401. The number of hydrogen-bond donors (Lipinski definition) is 0. The van der Waals surface area contributed by atoms with Gasteiger partial charge in [0.2, 0.25) is 0 Å². The predicted octanol–water partition coefficient (Wildman–Crippen LogP) is 6.08. The van der Waals surface area contributed by atoms with Crippen LogP contribution in [0.3, 0.4) is 0 Å². The van der Waals surface area contributed by atoms with Gasteiger partial charge in [0.15, 0.2) is 11.1 Å². The smallest absolute Gasteiger partial charge is 0.183 e. The van der Waals surface area contributed by atoms with Crippen molar-refractivity contribution in [3.63, 3.8) is 0 Å². The zero-order chi connectivity index (χ0) is 24.5. The fourth-order valence-electron chi connectivity index (χ4n) is 3.81. The van der Waals surface area contributed by atoms with Crippen LogP contribution in [0.1, 0.15) is 81.6 Å². The normalized spacial score (nSPS) is 14.7. The molecule has 0 saturated carbocycles. The largest absolute Gasteiger partial charge is 0.361 e. The van der Waals surface area contributed by atoms with E-state index in [4.69, 9.17) is 23.7 Å². The lowest BCUT2D eigenvalue weighted by atomic mass is 10.3. The Morgan fingerprint density at radius 1 is 0.656 bits per heavy atom. The van der Waals surface area contributed by atoms with Gasteiger partial charge in [-0.2, -0.15) is 0 Å². The molecule has 0 saturated heterocycles. The highest BCUT2D eigenvalue weighted by molar-refractivity contribution is 7.39. The van der Waals surface area contributed by atoms with Gasteiger partial charge in [0.25, 0.3) is 0 Å². The first-order chi connectivity index (χ1) is 15.3. The van der Waals surface area contributed by atoms with Crippen molar-refractivity contribution in [1.29, 1.82) is 0 Å². The molecule has 32 heavy (non-hydrogen) atoms. The first-order valence-electron chi connectivity index (χ1n) is 12.8. The van der Waals surface area contributed by atoms with Gasteiger partial charge in [-0.25, -0.2) is 0 Å². The van der Waals surface area contributed by atoms with Gasteiger partial charge in [-0.05, 0) is 60.3 Å². The average Bonchev–Trinajstić information content (AvgIpc) is 2.76. The number of hydrogen-bond acceptors (Lipinski definition) is 6. The molecule has 0 aromatic rings. The fraction of sp³-hybridized carbons (Fsp3) is 1.00. The zero-order valence-electron chi connectivity index (χ0n) is 22.4. The van der Waals surface area contributed by atoms with Crippen LogP contribution >= 0.6 is 17.2 Å². The molecule has 0 aliphatic heterocycles. The van der Waals surface area contributed by atoms with E-state index >= 15 is 0 Å². The van der Waals surface area contributed by atoms with Crippen LogP contribution in [0, 0.1) is 0 Å². The van der Waals surface area contributed by atoms with Gasteiger partial charge in [0.05, 0.1) is 6.10 Å². The van der Waals surface area contributed by atoms with Gasteiger partial charge in [-0.3, -0.25) is 4.90 Å². The van der Waals surface area contributed by atoms with Crippen LogP contribution in [0.2, 0.25) is 0 Å². The van der Waals surface area contributed by atoms with Crippen LogP contribution in [-0.4, -0.2) is 80.1 Å². The highest BCUT2D eigenvalue weighted by atomic mass is 31.1. The second-order valence-corrected chi connectivity index (χ2v) is 11.1. The van der Waals surface area contributed by atoms with Crippen LogP contribution in [0.4, 0.5) is 0 Å². The van der Waals surface area contributed by atoms with Gasteiger partial charge in [-0.15, -0.1) is 0 Å². The van der Waals surface area contributed by atoms with E-state index in [1.807, 2.05) is 27.7 Å². The standard InChI is InChI=1S/C24H53NO5P2/c1-10-22(30-21(8)9)25(17-19-31-23(11-2,26-13-4)27-14-5)18-20-32-24(12-3,28-15-6)29-16-7/h21-22,31-32H,10-20H2,1-9H3. The van der Waals surface area contributed by atoms with Crippen molar-refractivity contribution in [3.8, 4) is 0 Å². The summed E-state index contributed by atoms with van der Waals surface area (Å²) in [7, 11) is 1.19. The lowest BCUT2D eigenvalue weighted by molar-refractivity contribution is -0.169. The molecule has 0 aromatic heterocycles. The second-order valence-electron chi connectivity index (χ2n) is 7.88. The molecule has 0 bridgehead atoms. The van der Waals surface area contributed by atoms with Crippen molar-refractivity contribution in [2.75, 3.05) is 51.8 Å². The molecule has 194 valence electrons. The molecule has 8 heteroatoms. The van der Waals surface area contributed by atoms with Gasteiger partial charge in [0, 0.05) is 52.4 Å². The Morgan fingerprint density at radius 3 is 1.28 bits per heavy atom. The highest BCUT2D eigenvalue weighted by Gasteiger charge is 2.31. The molecular weight excluding hydrogens is 444 g/mol. The number of rotatable bonds is 22. The van der Waals surface area contributed by atoms with Gasteiger partial charge < -0.3 is 23.7 Å². The quantitative estimate of drug-likeness (QED) is 0.133. The van der Waals surface area contributed by atoms with E-state index in [-0.39, 0.29) is 12.3 Å². The van der Waals surface area contributed by atoms with Crippen LogP contribution in [0.15, 0.2) is 0 Å². The van der Waals surface area contributed by atoms with Crippen molar-refractivity contribution < 1.29 is 23.7 Å². The summed E-state index contributed by atoms with van der Waals surface area (Å²) in [5.74, 6) is 0. The summed E-state index contributed by atoms with van der Waals surface area (Å²) < 4.78 is 30.5. The topological polar surface area (TPSA) is 49.4 Å². The van der Waals surface area contributed by atoms with Crippen molar-refractivity contribution in [3.05, 3.63) is 0 Å². The van der Waals surface area contributed by atoms with Gasteiger partial charge >= 0.3 is 0 Å². The summed E-state index contributed by atoms with van der Waals surface area (Å²) in [6.07, 6.45) is 5.10. The molecule has 0 spiro atoms. The molecule has 0 aliphatic rings. The Morgan fingerprint density at radius 2 is 1.03 bits per heavy atom. The van der Waals surface area contributed by atoms with Gasteiger partial charge in [-0.1, -0.05) is 37.9 Å². The molecule has 6 nitrogen and oxygen atoms in total. The predicted molar refractivity (Wildman–Crippen MR) is 141 cm³/mol. The Balaban J connectivity index is 5.19. The molecule has 0 aromatic carbocycles. The van der Waals surface area contributed by atoms with E-state index in [0.29, 0.717) is 43.6 Å². The summed E-state index contributed by atoms with van der Waals surface area (Å²) in [5, 5.41) is 0. The van der Waals surface area contributed by atoms with Crippen LogP contribution in [0.5, 0.6) is 0 Å². The molecule has 0 fully saturated rings. The maximum atomic E-state index is 6.28. The van der Waals surface area contributed by atoms with E-state index in [2.05, 4.69) is 39.5 Å². The molecule has 0 aliphatic carbocycles. The molecule has 3 unspecified atom stereocenters. The van der Waals surface area contributed by atoms with Crippen molar-refractivity contribution in [2.45, 2.75) is 105 Å². The Labute approximate surface area is 202 Å². The van der Waals surface area contributed by atoms with Crippen molar-refractivity contribution in [1.82, 2.24) is 4.90 Å². The first-order valence-corrected chi connectivity index (χ1v) is 15.2. The molecule has 0 radical (unpaired) electrons. The average molecular weight is 498 g/mol. The summed E-state index contributed by atoms with van der Waals surface area (Å²) in [5.41, 5.74) is -0.891. The lowest BCUT2D eigenvalue weighted by Crippen LogP contribution is -2.42. The minimum Gasteiger partial charge on any atom is -0.361 e. The maximum absolute atomic E-state index is 6.28. The van der Waals surface area contributed by atoms with E-state index in [0.717, 1.165) is 44.7 Å². The third-order valence-electron chi connectivity index (χ3n) is 5.21. The molecule has 0 heterocycles. The van der Waals surface area contributed by atoms with E-state index in [1.165, 1.54) is 0 Å². The zero-order valence-corrected chi connectivity index (χ0v) is 24.4. The molecule has 0 N–H and O–H groups in total. The van der Waals surface area contributed by atoms with Crippen LogP contribution in [0.25, 0.3) is 0 Å². The monoisotopic (exact) mass is 497 g/mol. The maximum Gasteiger partial charge on any atom is 0.183 e. The fourth-order valence-corrected chi connectivity index (χ4v) is 6.86. The van der Waals surface area contributed by atoms with Crippen molar-refractivity contribution >= 4 is 17.2 Å². The van der Waals surface area contributed by atoms with E-state index < -0.39 is 11.1 Å². The highest BCUT2D eigenvalue weighted by Crippen LogP contribution is 2.39. The van der Waals surface area contributed by atoms with Crippen LogP contribution in [-0.2, 0) is 23.7 Å². The Hall–Kier alpha value is 0.620. The third-order valence-corrected chi connectivity index (χ3v) is 8.52. The molecule has 0 amide bonds. The number of ether oxygens (including phenoxy) is 5. The van der Waals surface area contributed by atoms with Crippen LogP contribution < -0.4 is 0 Å². The molecule has 3 atom stereocenters. The lowest BCUT2D eigenvalue weighted by Gasteiger charge is -2.37. The summed E-state index contributed by atoms with van der Waals surface area (Å²) in [6, 6.07) is 0. The summed E-state index contributed by atoms with van der Waals surface area (Å²) in [6.45, 7) is 23.6. The molecule has 0 rings (SSSR count). The first kappa shape index (κ1) is 32.6. The summed E-state index contributed by atoms with van der Waals surface area (Å²) in [4.78, 5) is 2.50. The SMILES string of the molecule is CCOC(CC)(OCC)PCCN(CCPC(CC)(OCC)OCC)C(CC)OC(C)C. The van der Waals surface area contributed by atoms with E-state index in [9.17, 15) is 0 Å². The third kappa shape index (κ3) is 12.4. The van der Waals surface area contributed by atoms with Gasteiger partial charge in [0.1, 0.15) is 6.23 Å². The second kappa shape index (κ2) is 18.9.